The molecule has 0 spiro atoms. The van der Waals surface area contributed by atoms with Gasteiger partial charge in [-0.25, -0.2) is 4.79 Å². The van der Waals surface area contributed by atoms with Gasteiger partial charge in [0.2, 0.25) is 0 Å². The molecule has 0 aliphatic heterocycles. The third kappa shape index (κ3) is 6.85. The van der Waals surface area contributed by atoms with Gasteiger partial charge in [0.1, 0.15) is 12.4 Å². The highest BCUT2D eigenvalue weighted by Gasteiger charge is 2.20. The van der Waals surface area contributed by atoms with E-state index in [-0.39, 0.29) is 12.1 Å². The largest absolute Gasteiger partial charge is 0.492 e. The molecule has 1 rings (SSSR count). The van der Waals surface area contributed by atoms with Crippen molar-refractivity contribution in [2.75, 3.05) is 40.3 Å². The molecule has 1 aromatic rings. The molecule has 23 heavy (non-hydrogen) atoms. The minimum absolute atomic E-state index is 0.0111. The van der Waals surface area contributed by atoms with E-state index >= 15 is 0 Å². The Balaban J connectivity index is 2.57. The van der Waals surface area contributed by atoms with Crippen LogP contribution >= 0.6 is 23.2 Å². The molecule has 2 amide bonds. The van der Waals surface area contributed by atoms with E-state index < -0.39 is 0 Å². The third-order valence-corrected chi connectivity index (χ3v) is 3.77. The first-order valence-electron chi connectivity index (χ1n) is 7.60. The molecule has 0 saturated carbocycles. The number of carbonyl (C=O) groups is 1. The fraction of sp³-hybridized carbons (Fsp3) is 0.562. The second-order valence-corrected chi connectivity index (χ2v) is 6.42. The van der Waals surface area contributed by atoms with Crippen LogP contribution in [0.15, 0.2) is 18.2 Å². The molecule has 0 bridgehead atoms. The van der Waals surface area contributed by atoms with Crippen LogP contribution in [0.2, 0.25) is 10.0 Å². The summed E-state index contributed by atoms with van der Waals surface area (Å²) < 4.78 is 5.67. The Kier molecular flexibility index (Phi) is 8.52. The molecule has 7 heteroatoms. The number of rotatable bonds is 8. The summed E-state index contributed by atoms with van der Waals surface area (Å²) in [7, 11) is 3.66. The van der Waals surface area contributed by atoms with Gasteiger partial charge in [0.05, 0.1) is 6.54 Å². The topological polar surface area (TPSA) is 44.8 Å². The zero-order chi connectivity index (χ0) is 17.4. The van der Waals surface area contributed by atoms with Crippen molar-refractivity contribution in [1.82, 2.24) is 15.1 Å². The number of hydrogen-bond donors (Lipinski definition) is 1. The minimum Gasteiger partial charge on any atom is -0.492 e. The average Bonchev–Trinajstić information content (AvgIpc) is 2.47. The summed E-state index contributed by atoms with van der Waals surface area (Å²) >= 11 is 11.9. The van der Waals surface area contributed by atoms with Gasteiger partial charge in [0.15, 0.2) is 0 Å². The number of hydrogen-bond acceptors (Lipinski definition) is 3. The number of nitrogens with zero attached hydrogens (tertiary/aromatic N) is 2. The number of benzene rings is 1. The molecule has 1 N–H and O–H groups in total. The van der Waals surface area contributed by atoms with Gasteiger partial charge in [-0.05, 0) is 39.1 Å². The zero-order valence-electron chi connectivity index (χ0n) is 14.1. The molecule has 0 unspecified atom stereocenters. The van der Waals surface area contributed by atoms with Gasteiger partial charge in [-0.15, -0.1) is 0 Å². The molecule has 0 radical (unpaired) electrons. The van der Waals surface area contributed by atoms with E-state index in [1.54, 1.807) is 35.0 Å². The molecule has 0 atom stereocenters. The SMILES string of the molecule is CNCCN(C)C(=O)N(CCOc1cc(Cl)cc(Cl)c1)C(C)C. The van der Waals surface area contributed by atoms with Crippen LogP contribution in [0.4, 0.5) is 4.79 Å². The Hall–Kier alpha value is -1.17. The summed E-state index contributed by atoms with van der Waals surface area (Å²) in [4.78, 5) is 15.9. The second-order valence-electron chi connectivity index (χ2n) is 5.55. The highest BCUT2D eigenvalue weighted by atomic mass is 35.5. The normalized spacial score (nSPS) is 10.7. The van der Waals surface area contributed by atoms with Crippen molar-refractivity contribution in [3.8, 4) is 5.75 Å². The van der Waals surface area contributed by atoms with Crippen LogP contribution in [0.5, 0.6) is 5.75 Å². The summed E-state index contributed by atoms with van der Waals surface area (Å²) in [5, 5.41) is 4.08. The molecule has 130 valence electrons. The minimum atomic E-state index is -0.0111. The van der Waals surface area contributed by atoms with Crippen LogP contribution in [0.1, 0.15) is 13.8 Å². The van der Waals surface area contributed by atoms with E-state index in [0.717, 1.165) is 6.54 Å². The number of nitrogens with one attached hydrogen (secondary N) is 1. The number of halogens is 2. The third-order valence-electron chi connectivity index (χ3n) is 3.33. The second kappa shape index (κ2) is 9.85. The van der Waals surface area contributed by atoms with Crippen LogP contribution in [-0.2, 0) is 0 Å². The number of likely N-dealkylation sites (N-methyl/N-ethyl adjacent to an activating group) is 2. The van der Waals surface area contributed by atoms with Gasteiger partial charge in [-0.1, -0.05) is 23.2 Å². The van der Waals surface area contributed by atoms with E-state index in [4.69, 9.17) is 27.9 Å². The number of carbonyl (C=O) groups excluding carboxylic acids is 1. The lowest BCUT2D eigenvalue weighted by Crippen LogP contribution is -2.47. The van der Waals surface area contributed by atoms with Crippen LogP contribution in [0.25, 0.3) is 0 Å². The van der Waals surface area contributed by atoms with Crippen molar-refractivity contribution in [3.63, 3.8) is 0 Å². The predicted molar refractivity (Wildman–Crippen MR) is 95.8 cm³/mol. The van der Waals surface area contributed by atoms with Crippen molar-refractivity contribution >= 4 is 29.2 Å². The van der Waals surface area contributed by atoms with Crippen LogP contribution < -0.4 is 10.1 Å². The molecular weight excluding hydrogens is 337 g/mol. The highest BCUT2D eigenvalue weighted by Crippen LogP contribution is 2.24. The molecule has 5 nitrogen and oxygen atoms in total. The summed E-state index contributed by atoms with van der Waals surface area (Å²) in [6.45, 7) is 6.25. The van der Waals surface area contributed by atoms with Crippen molar-refractivity contribution in [2.24, 2.45) is 0 Å². The maximum absolute atomic E-state index is 12.5. The fourth-order valence-electron chi connectivity index (χ4n) is 2.04. The van der Waals surface area contributed by atoms with Gasteiger partial charge in [0.25, 0.3) is 0 Å². The van der Waals surface area contributed by atoms with Crippen molar-refractivity contribution < 1.29 is 9.53 Å². The first-order valence-corrected chi connectivity index (χ1v) is 8.36. The monoisotopic (exact) mass is 361 g/mol. The molecule has 0 saturated heterocycles. The van der Waals surface area contributed by atoms with Crippen molar-refractivity contribution in [3.05, 3.63) is 28.2 Å². The van der Waals surface area contributed by atoms with Gasteiger partial charge in [-0.2, -0.15) is 0 Å². The standard InChI is InChI=1S/C16H25Cl2N3O2/c1-12(2)21(16(22)20(4)6-5-19-3)7-8-23-15-10-13(17)9-14(18)11-15/h9-12,19H,5-8H2,1-4H3. The Morgan fingerprint density at radius 3 is 2.35 bits per heavy atom. The molecule has 0 aromatic heterocycles. The van der Waals surface area contributed by atoms with Gasteiger partial charge in [-0.3, -0.25) is 0 Å². The smallest absolute Gasteiger partial charge is 0.320 e. The first-order chi connectivity index (χ1) is 10.8. The van der Waals surface area contributed by atoms with Gasteiger partial charge >= 0.3 is 6.03 Å². The molecule has 0 fully saturated rings. The zero-order valence-corrected chi connectivity index (χ0v) is 15.6. The summed E-state index contributed by atoms with van der Waals surface area (Å²) in [5.41, 5.74) is 0. The Morgan fingerprint density at radius 2 is 1.83 bits per heavy atom. The number of ether oxygens (including phenoxy) is 1. The molecule has 0 heterocycles. The average molecular weight is 362 g/mol. The summed E-state index contributed by atoms with van der Waals surface area (Å²) in [5.74, 6) is 0.599. The van der Waals surface area contributed by atoms with E-state index in [1.807, 2.05) is 20.9 Å². The maximum Gasteiger partial charge on any atom is 0.320 e. The van der Waals surface area contributed by atoms with Crippen molar-refractivity contribution in [1.29, 1.82) is 0 Å². The lowest BCUT2D eigenvalue weighted by molar-refractivity contribution is 0.137. The molecule has 0 aliphatic carbocycles. The summed E-state index contributed by atoms with van der Waals surface area (Å²) in [6, 6.07) is 5.13. The summed E-state index contributed by atoms with van der Waals surface area (Å²) in [6.07, 6.45) is 0. The number of amides is 2. The predicted octanol–water partition coefficient (Wildman–Crippen LogP) is 3.35. The Bertz CT molecular complexity index is 492. The molecular formula is C16H25Cl2N3O2. The Morgan fingerprint density at radius 1 is 1.22 bits per heavy atom. The quantitative estimate of drug-likeness (QED) is 0.771. The van der Waals surface area contributed by atoms with Crippen molar-refractivity contribution in [2.45, 2.75) is 19.9 Å². The van der Waals surface area contributed by atoms with E-state index in [9.17, 15) is 4.79 Å². The lowest BCUT2D eigenvalue weighted by Gasteiger charge is -2.31. The van der Waals surface area contributed by atoms with Gasteiger partial charge < -0.3 is 19.9 Å². The highest BCUT2D eigenvalue weighted by molar-refractivity contribution is 6.34. The fourth-order valence-corrected chi connectivity index (χ4v) is 2.55. The van der Waals surface area contributed by atoms with Crippen LogP contribution in [0, 0.1) is 0 Å². The van der Waals surface area contributed by atoms with E-state index in [2.05, 4.69) is 5.32 Å². The number of urea groups is 1. The van der Waals surface area contributed by atoms with Crippen LogP contribution in [0.3, 0.4) is 0 Å². The van der Waals surface area contributed by atoms with Crippen LogP contribution in [-0.4, -0.2) is 62.2 Å². The van der Waals surface area contributed by atoms with E-state index in [0.29, 0.717) is 35.5 Å². The lowest BCUT2D eigenvalue weighted by atomic mass is 10.3. The van der Waals surface area contributed by atoms with E-state index in [1.165, 1.54) is 0 Å². The molecule has 1 aromatic carbocycles. The molecule has 0 aliphatic rings. The Labute approximate surface area is 148 Å². The van der Waals surface area contributed by atoms with Gasteiger partial charge in [0, 0.05) is 36.2 Å². The first kappa shape index (κ1) is 19.9. The maximum atomic E-state index is 12.5.